The van der Waals surface area contributed by atoms with Crippen molar-refractivity contribution in [2.45, 2.75) is 44.3 Å². The third-order valence-corrected chi connectivity index (χ3v) is 5.71. The first kappa shape index (κ1) is 21.3. The van der Waals surface area contributed by atoms with Crippen LogP contribution in [0.5, 0.6) is 0 Å². The number of para-hydroxylation sites is 1. The van der Waals surface area contributed by atoms with Crippen LogP contribution >= 0.6 is 23.4 Å². The number of hydrogen-bond acceptors (Lipinski definition) is 5. The van der Waals surface area contributed by atoms with Gasteiger partial charge in [-0.1, -0.05) is 61.7 Å². The molecule has 0 aliphatic heterocycles. The Morgan fingerprint density at radius 1 is 1.17 bits per heavy atom. The third-order valence-electron chi connectivity index (χ3n) is 4.43. The molecule has 0 radical (unpaired) electrons. The average molecular weight is 431 g/mol. The van der Waals surface area contributed by atoms with Crippen LogP contribution in [0, 0.1) is 0 Å². The quantitative estimate of drug-likeness (QED) is 0.229. The lowest BCUT2D eigenvalue weighted by molar-refractivity contribution is -0.113. The summed E-state index contributed by atoms with van der Waals surface area (Å²) in [6.07, 6.45) is 5.78. The molecule has 8 heteroatoms. The maximum absolute atomic E-state index is 13.0. The van der Waals surface area contributed by atoms with Gasteiger partial charge in [0.05, 0.1) is 22.3 Å². The lowest BCUT2D eigenvalue weighted by atomic mass is 10.2. The predicted octanol–water partition coefficient (Wildman–Crippen LogP) is 4.76. The van der Waals surface area contributed by atoms with Crippen LogP contribution in [-0.2, 0) is 11.3 Å². The van der Waals surface area contributed by atoms with E-state index in [2.05, 4.69) is 22.2 Å². The molecule has 0 atom stereocenters. The van der Waals surface area contributed by atoms with Crippen molar-refractivity contribution in [3.63, 3.8) is 0 Å². The number of pyridine rings is 1. The van der Waals surface area contributed by atoms with E-state index in [0.717, 1.165) is 25.7 Å². The summed E-state index contributed by atoms with van der Waals surface area (Å²) in [6.45, 7) is 2.74. The highest BCUT2D eigenvalue weighted by Crippen LogP contribution is 2.21. The van der Waals surface area contributed by atoms with Crippen molar-refractivity contribution in [3.05, 3.63) is 58.1 Å². The van der Waals surface area contributed by atoms with E-state index >= 15 is 0 Å². The molecule has 0 spiro atoms. The lowest BCUT2D eigenvalue weighted by Crippen LogP contribution is -2.24. The fourth-order valence-corrected chi connectivity index (χ4v) is 3.94. The number of nitrogens with zero attached hydrogens (tertiary/aromatic N) is 3. The second kappa shape index (κ2) is 10.4. The SMILES string of the molecule is CCCCCCn1c(SCC(=O)Nc2cccnc2Cl)nc2ccccc2c1=O. The van der Waals surface area contributed by atoms with Gasteiger partial charge in [0.2, 0.25) is 5.91 Å². The van der Waals surface area contributed by atoms with Gasteiger partial charge in [-0.05, 0) is 30.7 Å². The number of thioether (sulfide) groups is 1. The molecule has 1 N–H and O–H groups in total. The van der Waals surface area contributed by atoms with Crippen LogP contribution in [0.15, 0.2) is 52.5 Å². The summed E-state index contributed by atoms with van der Waals surface area (Å²) in [4.78, 5) is 33.9. The van der Waals surface area contributed by atoms with E-state index in [1.165, 1.54) is 11.8 Å². The zero-order valence-corrected chi connectivity index (χ0v) is 17.8. The van der Waals surface area contributed by atoms with E-state index in [1.807, 2.05) is 18.2 Å². The number of aromatic nitrogens is 3. The minimum absolute atomic E-state index is 0.0645. The number of anilines is 1. The average Bonchev–Trinajstić information content (AvgIpc) is 2.73. The third kappa shape index (κ3) is 5.58. The van der Waals surface area contributed by atoms with Crippen LogP contribution < -0.4 is 10.9 Å². The number of hydrogen-bond donors (Lipinski definition) is 1. The first-order valence-corrected chi connectivity index (χ1v) is 11.0. The summed E-state index contributed by atoms with van der Waals surface area (Å²) in [7, 11) is 0. The molecular weight excluding hydrogens is 408 g/mol. The topological polar surface area (TPSA) is 76.9 Å². The molecule has 0 aliphatic carbocycles. The molecular formula is C21H23ClN4O2S. The van der Waals surface area contributed by atoms with Crippen molar-refractivity contribution in [1.29, 1.82) is 0 Å². The highest BCUT2D eigenvalue weighted by molar-refractivity contribution is 7.99. The molecule has 2 heterocycles. The summed E-state index contributed by atoms with van der Waals surface area (Å²) >= 11 is 7.24. The zero-order valence-electron chi connectivity index (χ0n) is 16.2. The Labute approximate surface area is 178 Å². The summed E-state index contributed by atoms with van der Waals surface area (Å²) in [5.41, 5.74) is 1.04. The van der Waals surface area contributed by atoms with Crippen molar-refractivity contribution in [3.8, 4) is 0 Å². The van der Waals surface area contributed by atoms with Gasteiger partial charge in [0.15, 0.2) is 10.3 Å². The van der Waals surface area contributed by atoms with Crippen molar-refractivity contribution < 1.29 is 4.79 Å². The second-order valence-corrected chi connectivity index (χ2v) is 7.91. The molecule has 1 amide bonds. The van der Waals surface area contributed by atoms with E-state index in [-0.39, 0.29) is 22.4 Å². The first-order chi connectivity index (χ1) is 14.1. The number of rotatable bonds is 9. The van der Waals surface area contributed by atoms with Gasteiger partial charge >= 0.3 is 0 Å². The Hall–Kier alpha value is -2.38. The summed E-state index contributed by atoms with van der Waals surface area (Å²) in [6, 6.07) is 10.7. The van der Waals surface area contributed by atoms with E-state index in [4.69, 9.17) is 11.6 Å². The van der Waals surface area contributed by atoms with Gasteiger partial charge in [0.1, 0.15) is 0 Å². The first-order valence-electron chi connectivity index (χ1n) is 9.63. The van der Waals surface area contributed by atoms with Crippen LogP contribution in [0.4, 0.5) is 5.69 Å². The Morgan fingerprint density at radius 2 is 2.00 bits per heavy atom. The van der Waals surface area contributed by atoms with Crippen molar-refractivity contribution >= 4 is 45.9 Å². The number of amides is 1. The van der Waals surface area contributed by atoms with Gasteiger partial charge in [0.25, 0.3) is 5.56 Å². The van der Waals surface area contributed by atoms with Gasteiger partial charge in [-0.25, -0.2) is 9.97 Å². The van der Waals surface area contributed by atoms with E-state index < -0.39 is 0 Å². The Bertz CT molecular complexity index is 1050. The van der Waals surface area contributed by atoms with Crippen LogP contribution in [-0.4, -0.2) is 26.2 Å². The summed E-state index contributed by atoms with van der Waals surface area (Å²) in [5.74, 6) is -0.116. The molecule has 0 aliphatic rings. The van der Waals surface area contributed by atoms with E-state index in [0.29, 0.717) is 28.3 Å². The molecule has 0 bridgehead atoms. The largest absolute Gasteiger partial charge is 0.323 e. The molecule has 6 nitrogen and oxygen atoms in total. The minimum atomic E-state index is -0.232. The Morgan fingerprint density at radius 3 is 2.79 bits per heavy atom. The highest BCUT2D eigenvalue weighted by atomic mass is 35.5. The number of carbonyl (C=O) groups is 1. The maximum atomic E-state index is 13.0. The minimum Gasteiger partial charge on any atom is -0.323 e. The summed E-state index contributed by atoms with van der Waals surface area (Å²) in [5, 5.41) is 4.13. The number of benzene rings is 1. The number of carbonyl (C=O) groups excluding carboxylic acids is 1. The van der Waals surface area contributed by atoms with Crippen LogP contribution in [0.2, 0.25) is 5.15 Å². The molecule has 2 aromatic heterocycles. The van der Waals surface area contributed by atoms with Crippen molar-refractivity contribution in [2.24, 2.45) is 0 Å². The van der Waals surface area contributed by atoms with Crippen LogP contribution in [0.3, 0.4) is 0 Å². The Balaban J connectivity index is 1.78. The molecule has 0 unspecified atom stereocenters. The lowest BCUT2D eigenvalue weighted by Gasteiger charge is -2.13. The molecule has 3 aromatic rings. The number of unbranched alkanes of at least 4 members (excludes halogenated alkanes) is 3. The van der Waals surface area contributed by atoms with Gasteiger partial charge < -0.3 is 5.32 Å². The normalized spacial score (nSPS) is 11.0. The summed E-state index contributed by atoms with van der Waals surface area (Å²) < 4.78 is 1.69. The van der Waals surface area contributed by atoms with Gasteiger partial charge in [-0.3, -0.25) is 14.2 Å². The van der Waals surface area contributed by atoms with Gasteiger partial charge in [-0.2, -0.15) is 0 Å². The molecule has 29 heavy (non-hydrogen) atoms. The predicted molar refractivity (Wildman–Crippen MR) is 119 cm³/mol. The maximum Gasteiger partial charge on any atom is 0.262 e. The molecule has 0 fully saturated rings. The second-order valence-electron chi connectivity index (χ2n) is 6.61. The zero-order chi connectivity index (χ0) is 20.6. The van der Waals surface area contributed by atoms with Crippen molar-refractivity contribution in [2.75, 3.05) is 11.1 Å². The molecule has 3 rings (SSSR count). The molecule has 0 saturated heterocycles. The Kier molecular flexibility index (Phi) is 7.66. The molecule has 0 saturated carbocycles. The van der Waals surface area contributed by atoms with Crippen molar-refractivity contribution in [1.82, 2.24) is 14.5 Å². The monoisotopic (exact) mass is 430 g/mol. The standard InChI is InChI=1S/C21H23ClN4O2S/c1-2-3-4-7-13-26-20(28)15-9-5-6-10-16(15)25-21(26)29-14-18(27)24-17-11-8-12-23-19(17)22/h5-6,8-12H,2-4,7,13-14H2,1H3,(H,24,27). The fraction of sp³-hybridized carbons (Fsp3) is 0.333. The number of fused-ring (bicyclic) bond motifs is 1. The molecule has 1 aromatic carbocycles. The van der Waals surface area contributed by atoms with E-state index in [9.17, 15) is 9.59 Å². The highest BCUT2D eigenvalue weighted by Gasteiger charge is 2.14. The van der Waals surface area contributed by atoms with E-state index in [1.54, 1.807) is 29.0 Å². The number of nitrogens with one attached hydrogen (secondary N) is 1. The van der Waals surface area contributed by atoms with Crippen LogP contribution in [0.25, 0.3) is 10.9 Å². The van der Waals surface area contributed by atoms with Crippen LogP contribution in [0.1, 0.15) is 32.6 Å². The number of halogens is 1. The van der Waals surface area contributed by atoms with Gasteiger partial charge in [0, 0.05) is 12.7 Å². The fourth-order valence-electron chi connectivity index (χ4n) is 2.95. The smallest absolute Gasteiger partial charge is 0.262 e. The molecule has 152 valence electrons. The van der Waals surface area contributed by atoms with Gasteiger partial charge in [-0.15, -0.1) is 0 Å².